The molecule has 4 rings (SSSR count). The average molecular weight is 321 g/mol. The molecule has 1 N–H and O–H groups in total. The van der Waals surface area contributed by atoms with Crippen molar-refractivity contribution in [3.8, 4) is 22.8 Å². The summed E-state index contributed by atoms with van der Waals surface area (Å²) in [7, 11) is 0. The highest BCUT2D eigenvalue weighted by atomic mass is 16.6. The number of hydrogen-bond donors (Lipinski definition) is 1. The van der Waals surface area contributed by atoms with Gasteiger partial charge in [-0.25, -0.2) is 0 Å². The highest BCUT2D eigenvalue weighted by molar-refractivity contribution is 5.86. The molecular weight excluding hydrogens is 302 g/mol. The van der Waals surface area contributed by atoms with Crippen LogP contribution in [0.3, 0.4) is 0 Å². The maximum absolute atomic E-state index is 13.0. The quantitative estimate of drug-likeness (QED) is 0.780. The van der Waals surface area contributed by atoms with E-state index in [1.165, 1.54) is 5.56 Å². The van der Waals surface area contributed by atoms with E-state index in [0.717, 1.165) is 22.3 Å². The zero-order chi connectivity index (χ0) is 16.7. The van der Waals surface area contributed by atoms with Crippen LogP contribution in [0.4, 0.5) is 0 Å². The van der Waals surface area contributed by atoms with Gasteiger partial charge in [0, 0.05) is 17.0 Å². The minimum Gasteiger partial charge on any atom is -0.486 e. The third kappa shape index (κ3) is 2.35. The third-order valence-electron chi connectivity index (χ3n) is 4.46. The normalized spacial score (nSPS) is 13.2. The Labute approximate surface area is 140 Å². The monoisotopic (exact) mass is 321 g/mol. The van der Waals surface area contributed by atoms with Crippen molar-refractivity contribution in [3.05, 3.63) is 57.7 Å². The number of rotatable bonds is 2. The first-order valence-electron chi connectivity index (χ1n) is 8.23. The van der Waals surface area contributed by atoms with Crippen LogP contribution in [0, 0.1) is 6.92 Å². The number of pyridine rings is 1. The lowest BCUT2D eigenvalue weighted by molar-refractivity contribution is 0.172. The molecule has 24 heavy (non-hydrogen) atoms. The number of fused-ring (bicyclic) bond motifs is 2. The van der Waals surface area contributed by atoms with Crippen LogP contribution in [0.25, 0.3) is 22.2 Å². The second-order valence-electron chi connectivity index (χ2n) is 6.07. The number of aromatic nitrogens is 1. The van der Waals surface area contributed by atoms with E-state index in [2.05, 4.69) is 24.0 Å². The highest BCUT2D eigenvalue weighted by Gasteiger charge is 2.17. The summed E-state index contributed by atoms with van der Waals surface area (Å²) in [4.78, 5) is 16.4. The molecule has 0 saturated heterocycles. The van der Waals surface area contributed by atoms with Crippen LogP contribution < -0.4 is 14.9 Å². The zero-order valence-corrected chi connectivity index (χ0v) is 13.8. The molecule has 1 aliphatic heterocycles. The Morgan fingerprint density at radius 1 is 1.04 bits per heavy atom. The van der Waals surface area contributed by atoms with E-state index in [-0.39, 0.29) is 5.43 Å². The summed E-state index contributed by atoms with van der Waals surface area (Å²) in [5, 5.41) is 0.645. The number of aryl methyl sites for hydroxylation is 1. The van der Waals surface area contributed by atoms with Crippen molar-refractivity contribution in [2.75, 3.05) is 13.2 Å². The first-order chi connectivity index (χ1) is 11.7. The first kappa shape index (κ1) is 14.8. The standard InChI is InChI=1S/C20H19NO3/c1-3-14-19(13-6-4-12(2)5-7-13)21-16-11-18-17(23-8-9-24-18)10-15(16)20(14)22/h4-7,10-11H,3,8-9H2,1-2H3,(H,21,22). The van der Waals surface area contributed by atoms with Crippen molar-refractivity contribution in [3.63, 3.8) is 0 Å². The van der Waals surface area contributed by atoms with Crippen molar-refractivity contribution >= 4 is 10.9 Å². The molecule has 0 amide bonds. The molecule has 0 unspecified atom stereocenters. The fraction of sp³-hybridized carbons (Fsp3) is 0.250. The molecule has 0 atom stereocenters. The van der Waals surface area contributed by atoms with E-state index in [4.69, 9.17) is 9.47 Å². The number of benzene rings is 2. The smallest absolute Gasteiger partial charge is 0.193 e. The lowest BCUT2D eigenvalue weighted by Gasteiger charge is -2.19. The molecule has 0 spiro atoms. The van der Waals surface area contributed by atoms with Gasteiger partial charge in [-0.05, 0) is 25.0 Å². The number of H-pyrrole nitrogens is 1. The average Bonchev–Trinajstić information content (AvgIpc) is 2.61. The Morgan fingerprint density at radius 3 is 2.38 bits per heavy atom. The van der Waals surface area contributed by atoms with E-state index in [1.54, 1.807) is 6.07 Å². The van der Waals surface area contributed by atoms with E-state index >= 15 is 0 Å². The molecule has 122 valence electrons. The second kappa shape index (κ2) is 5.71. The van der Waals surface area contributed by atoms with Crippen LogP contribution in [-0.2, 0) is 6.42 Å². The fourth-order valence-corrected chi connectivity index (χ4v) is 3.17. The Morgan fingerprint density at radius 2 is 1.71 bits per heavy atom. The summed E-state index contributed by atoms with van der Waals surface area (Å²) >= 11 is 0. The van der Waals surface area contributed by atoms with Crippen LogP contribution >= 0.6 is 0 Å². The van der Waals surface area contributed by atoms with Gasteiger partial charge in [0.1, 0.15) is 13.2 Å². The van der Waals surface area contributed by atoms with Crippen molar-refractivity contribution in [1.29, 1.82) is 0 Å². The van der Waals surface area contributed by atoms with Crippen molar-refractivity contribution in [2.24, 2.45) is 0 Å². The molecule has 4 nitrogen and oxygen atoms in total. The predicted octanol–water partition coefficient (Wildman–Crippen LogP) is 3.84. The Hall–Kier alpha value is -2.75. The van der Waals surface area contributed by atoms with Gasteiger partial charge in [-0.3, -0.25) is 4.79 Å². The van der Waals surface area contributed by atoms with Gasteiger partial charge in [0.15, 0.2) is 16.9 Å². The number of ether oxygens (including phenoxy) is 2. The molecule has 0 aliphatic carbocycles. The van der Waals surface area contributed by atoms with Crippen LogP contribution in [-0.4, -0.2) is 18.2 Å². The van der Waals surface area contributed by atoms with Gasteiger partial charge in [0.2, 0.25) is 0 Å². The van der Waals surface area contributed by atoms with E-state index in [1.807, 2.05) is 25.1 Å². The van der Waals surface area contributed by atoms with Gasteiger partial charge in [-0.15, -0.1) is 0 Å². The molecule has 0 saturated carbocycles. The third-order valence-corrected chi connectivity index (χ3v) is 4.46. The van der Waals surface area contributed by atoms with E-state index in [9.17, 15) is 4.79 Å². The van der Waals surface area contributed by atoms with Gasteiger partial charge >= 0.3 is 0 Å². The lowest BCUT2D eigenvalue weighted by atomic mass is 10.00. The minimum absolute atomic E-state index is 0.0544. The Kier molecular flexibility index (Phi) is 3.53. The summed E-state index contributed by atoms with van der Waals surface area (Å²) in [5.41, 5.74) is 4.72. The topological polar surface area (TPSA) is 51.3 Å². The van der Waals surface area contributed by atoms with E-state index in [0.29, 0.717) is 36.5 Å². The van der Waals surface area contributed by atoms with Gasteiger partial charge < -0.3 is 14.5 Å². The summed E-state index contributed by atoms with van der Waals surface area (Å²) in [6.45, 7) is 5.10. The zero-order valence-electron chi connectivity index (χ0n) is 13.8. The molecule has 4 heteroatoms. The maximum atomic E-state index is 13.0. The van der Waals surface area contributed by atoms with Crippen LogP contribution in [0.2, 0.25) is 0 Å². The molecule has 1 aromatic heterocycles. The highest BCUT2D eigenvalue weighted by Crippen LogP contribution is 2.34. The molecule has 2 heterocycles. The van der Waals surface area contributed by atoms with Crippen LogP contribution in [0.15, 0.2) is 41.2 Å². The SMILES string of the molecule is CCc1c(-c2ccc(C)cc2)[nH]c2cc3c(cc2c1=O)OCCO3. The molecule has 2 aromatic carbocycles. The van der Waals surface area contributed by atoms with Crippen molar-refractivity contribution < 1.29 is 9.47 Å². The number of nitrogens with one attached hydrogen (secondary N) is 1. The molecule has 0 fully saturated rings. The van der Waals surface area contributed by atoms with Gasteiger partial charge in [0.05, 0.1) is 11.2 Å². The molecule has 0 bridgehead atoms. The summed E-state index contributed by atoms with van der Waals surface area (Å²) in [5.74, 6) is 1.33. The van der Waals surface area contributed by atoms with Crippen molar-refractivity contribution in [2.45, 2.75) is 20.3 Å². The first-order valence-corrected chi connectivity index (χ1v) is 8.23. The Balaban J connectivity index is 2.00. The summed E-state index contributed by atoms with van der Waals surface area (Å²) in [6.07, 6.45) is 0.670. The second-order valence-corrected chi connectivity index (χ2v) is 6.07. The van der Waals surface area contributed by atoms with Crippen LogP contribution in [0.1, 0.15) is 18.1 Å². The van der Waals surface area contributed by atoms with Gasteiger partial charge in [0.25, 0.3) is 0 Å². The molecule has 1 aliphatic rings. The number of aromatic amines is 1. The number of hydrogen-bond acceptors (Lipinski definition) is 3. The van der Waals surface area contributed by atoms with Crippen LogP contribution in [0.5, 0.6) is 11.5 Å². The Bertz CT molecular complexity index is 971. The lowest BCUT2D eigenvalue weighted by Crippen LogP contribution is -2.17. The van der Waals surface area contributed by atoms with E-state index < -0.39 is 0 Å². The fourth-order valence-electron chi connectivity index (χ4n) is 3.17. The minimum atomic E-state index is 0.0544. The largest absolute Gasteiger partial charge is 0.486 e. The van der Waals surface area contributed by atoms with Crippen molar-refractivity contribution in [1.82, 2.24) is 4.98 Å². The van der Waals surface area contributed by atoms with Gasteiger partial charge in [-0.1, -0.05) is 36.8 Å². The summed E-state index contributed by atoms with van der Waals surface area (Å²) in [6, 6.07) is 11.9. The van der Waals surface area contributed by atoms with Gasteiger partial charge in [-0.2, -0.15) is 0 Å². The molecule has 0 radical (unpaired) electrons. The summed E-state index contributed by atoms with van der Waals surface area (Å²) < 4.78 is 11.3. The maximum Gasteiger partial charge on any atom is 0.193 e. The molecular formula is C20H19NO3. The predicted molar refractivity (Wildman–Crippen MR) is 95.1 cm³/mol. The molecule has 3 aromatic rings.